The molecule has 0 amide bonds. The lowest BCUT2D eigenvalue weighted by Crippen LogP contribution is -2.45. The summed E-state index contributed by atoms with van der Waals surface area (Å²) in [4.78, 5) is 0. The molecular formula is C21H22F4N6O. The summed E-state index contributed by atoms with van der Waals surface area (Å²) in [7, 11) is 1.49. The van der Waals surface area contributed by atoms with Gasteiger partial charge in [-0.15, -0.1) is 5.10 Å². The van der Waals surface area contributed by atoms with Crippen molar-refractivity contribution in [3.05, 3.63) is 65.2 Å². The van der Waals surface area contributed by atoms with Gasteiger partial charge >= 0.3 is 6.18 Å². The van der Waals surface area contributed by atoms with Crippen molar-refractivity contribution in [3.63, 3.8) is 0 Å². The lowest BCUT2D eigenvalue weighted by Gasteiger charge is -2.34. The van der Waals surface area contributed by atoms with Crippen LogP contribution in [0.1, 0.15) is 35.8 Å². The van der Waals surface area contributed by atoms with Crippen LogP contribution in [0.5, 0.6) is 5.75 Å². The van der Waals surface area contributed by atoms with E-state index in [0.717, 1.165) is 24.9 Å². The molecule has 0 bridgehead atoms. The number of hydrogen-bond acceptors (Lipinski definition) is 6. The topological polar surface area (TPSA) is 76.9 Å². The zero-order valence-corrected chi connectivity index (χ0v) is 17.2. The minimum absolute atomic E-state index is 0.00214. The third-order valence-electron chi connectivity index (χ3n) is 5.45. The Morgan fingerprint density at radius 2 is 2.06 bits per heavy atom. The molecule has 170 valence electrons. The molecule has 0 radical (unpaired) electrons. The maximum atomic E-state index is 13.7. The van der Waals surface area contributed by atoms with E-state index in [1.54, 1.807) is 18.2 Å². The van der Waals surface area contributed by atoms with Crippen LogP contribution < -0.4 is 15.4 Å². The van der Waals surface area contributed by atoms with Gasteiger partial charge in [0.1, 0.15) is 11.6 Å². The number of benzene rings is 2. The standard InChI is InChI=1S/C21H22F4N6O/c1-32-18-8-7-16(31-20(21(23,24)25)28-29-30-31)11-14(18)12-27-17-6-3-9-26-19(17)13-4-2-5-15(22)10-13/h2,4-5,7-8,10-11,17,19,26-27H,3,6,9,12H2,1H3. The van der Waals surface area contributed by atoms with Crippen LogP contribution in [0.15, 0.2) is 42.5 Å². The number of hydrogen-bond donors (Lipinski definition) is 2. The van der Waals surface area contributed by atoms with E-state index in [-0.39, 0.29) is 23.6 Å². The van der Waals surface area contributed by atoms with Crippen LogP contribution in [0.4, 0.5) is 17.6 Å². The fourth-order valence-corrected chi connectivity index (χ4v) is 3.97. The molecule has 1 saturated heterocycles. The predicted molar refractivity (Wildman–Crippen MR) is 108 cm³/mol. The molecule has 0 aliphatic carbocycles. The molecule has 2 aromatic carbocycles. The van der Waals surface area contributed by atoms with Gasteiger partial charge in [-0.2, -0.15) is 17.9 Å². The Morgan fingerprint density at radius 3 is 2.81 bits per heavy atom. The number of ether oxygens (including phenoxy) is 1. The van der Waals surface area contributed by atoms with E-state index < -0.39 is 12.0 Å². The molecule has 2 atom stereocenters. The van der Waals surface area contributed by atoms with Crippen molar-refractivity contribution < 1.29 is 22.3 Å². The molecule has 1 aliphatic heterocycles. The summed E-state index contributed by atoms with van der Waals surface area (Å²) < 4.78 is 59.4. The first-order valence-corrected chi connectivity index (χ1v) is 10.1. The van der Waals surface area contributed by atoms with E-state index in [4.69, 9.17) is 4.74 Å². The van der Waals surface area contributed by atoms with E-state index in [0.29, 0.717) is 22.5 Å². The minimum atomic E-state index is -4.69. The first-order chi connectivity index (χ1) is 15.4. The highest BCUT2D eigenvalue weighted by atomic mass is 19.4. The third-order valence-corrected chi connectivity index (χ3v) is 5.45. The van der Waals surface area contributed by atoms with Gasteiger partial charge in [-0.3, -0.25) is 0 Å². The molecule has 7 nitrogen and oxygen atoms in total. The Kier molecular flexibility index (Phi) is 6.38. The van der Waals surface area contributed by atoms with Crippen LogP contribution in [0, 0.1) is 5.82 Å². The van der Waals surface area contributed by atoms with Crippen LogP contribution in [0.25, 0.3) is 5.69 Å². The molecule has 2 N–H and O–H groups in total. The monoisotopic (exact) mass is 450 g/mol. The number of nitrogens with one attached hydrogen (secondary N) is 2. The number of halogens is 4. The zero-order valence-electron chi connectivity index (χ0n) is 17.2. The Balaban J connectivity index is 1.57. The maximum Gasteiger partial charge on any atom is 0.453 e. The van der Waals surface area contributed by atoms with Crippen molar-refractivity contribution in [3.8, 4) is 11.4 Å². The number of aromatic nitrogens is 4. The van der Waals surface area contributed by atoms with Gasteiger partial charge in [-0.1, -0.05) is 12.1 Å². The summed E-state index contributed by atoms with van der Waals surface area (Å²) in [6.45, 7) is 1.15. The van der Waals surface area contributed by atoms with Gasteiger partial charge in [-0.05, 0) is 65.7 Å². The Bertz CT molecular complexity index is 1070. The summed E-state index contributed by atoms with van der Waals surface area (Å²) in [5.74, 6) is -0.983. The van der Waals surface area contributed by atoms with Crippen LogP contribution in [-0.4, -0.2) is 39.9 Å². The van der Waals surface area contributed by atoms with Gasteiger partial charge in [0.2, 0.25) is 0 Å². The second kappa shape index (κ2) is 9.21. The van der Waals surface area contributed by atoms with Crippen molar-refractivity contribution >= 4 is 0 Å². The smallest absolute Gasteiger partial charge is 0.453 e. The number of piperidine rings is 1. The van der Waals surface area contributed by atoms with Gasteiger partial charge in [0.05, 0.1) is 12.8 Å². The molecule has 32 heavy (non-hydrogen) atoms. The largest absolute Gasteiger partial charge is 0.496 e. The summed E-state index contributed by atoms with van der Waals surface area (Å²) in [5, 5.41) is 16.6. The molecule has 4 rings (SSSR count). The fraction of sp³-hybridized carbons (Fsp3) is 0.381. The van der Waals surface area contributed by atoms with Crippen LogP contribution in [-0.2, 0) is 12.7 Å². The zero-order chi connectivity index (χ0) is 22.7. The highest BCUT2D eigenvalue weighted by Gasteiger charge is 2.38. The highest BCUT2D eigenvalue weighted by Crippen LogP contribution is 2.30. The lowest BCUT2D eigenvalue weighted by atomic mass is 9.92. The lowest BCUT2D eigenvalue weighted by molar-refractivity contribution is -0.146. The Morgan fingerprint density at radius 1 is 1.22 bits per heavy atom. The summed E-state index contributed by atoms with van der Waals surface area (Å²) in [5.41, 5.74) is 1.66. The van der Waals surface area contributed by atoms with Gasteiger partial charge in [-0.25, -0.2) is 4.39 Å². The second-order valence-corrected chi connectivity index (χ2v) is 7.52. The van der Waals surface area contributed by atoms with Crippen molar-refractivity contribution in [1.82, 2.24) is 30.8 Å². The van der Waals surface area contributed by atoms with Crippen molar-refractivity contribution in [2.75, 3.05) is 13.7 Å². The first-order valence-electron chi connectivity index (χ1n) is 10.1. The van der Waals surface area contributed by atoms with Crippen LogP contribution >= 0.6 is 0 Å². The van der Waals surface area contributed by atoms with Gasteiger partial charge in [0, 0.05) is 24.2 Å². The molecular weight excluding hydrogens is 428 g/mol. The number of methoxy groups -OCH3 is 1. The summed E-state index contributed by atoms with van der Waals surface area (Å²) in [6, 6.07) is 11.0. The van der Waals surface area contributed by atoms with Crippen molar-refractivity contribution in [1.29, 1.82) is 0 Å². The number of alkyl halides is 3. The number of tetrazole rings is 1. The predicted octanol–water partition coefficient (Wildman–Crippen LogP) is 3.41. The van der Waals surface area contributed by atoms with E-state index >= 15 is 0 Å². The van der Waals surface area contributed by atoms with Gasteiger partial charge in [0.15, 0.2) is 0 Å². The van der Waals surface area contributed by atoms with Gasteiger partial charge < -0.3 is 15.4 Å². The van der Waals surface area contributed by atoms with Gasteiger partial charge in [0.25, 0.3) is 5.82 Å². The SMILES string of the molecule is COc1ccc(-n2nnnc2C(F)(F)F)cc1CNC1CCCNC1c1cccc(F)c1. The van der Waals surface area contributed by atoms with Crippen molar-refractivity contribution in [2.24, 2.45) is 0 Å². The van der Waals surface area contributed by atoms with E-state index in [1.165, 1.54) is 25.3 Å². The quantitative estimate of drug-likeness (QED) is 0.561. The minimum Gasteiger partial charge on any atom is -0.496 e. The Labute approximate surface area is 181 Å². The van der Waals surface area contributed by atoms with Crippen molar-refractivity contribution in [2.45, 2.75) is 37.6 Å². The van der Waals surface area contributed by atoms with Crippen LogP contribution in [0.3, 0.4) is 0 Å². The molecule has 0 saturated carbocycles. The second-order valence-electron chi connectivity index (χ2n) is 7.52. The van der Waals surface area contributed by atoms with E-state index in [1.807, 2.05) is 6.07 Å². The average molecular weight is 450 g/mol. The third kappa shape index (κ3) is 4.73. The summed E-state index contributed by atoms with van der Waals surface area (Å²) in [6.07, 6.45) is -2.88. The van der Waals surface area contributed by atoms with E-state index in [2.05, 4.69) is 26.2 Å². The molecule has 11 heteroatoms. The fourth-order valence-electron chi connectivity index (χ4n) is 3.97. The molecule has 2 unspecified atom stereocenters. The van der Waals surface area contributed by atoms with E-state index in [9.17, 15) is 17.6 Å². The van der Waals surface area contributed by atoms with Crippen LogP contribution in [0.2, 0.25) is 0 Å². The first kappa shape index (κ1) is 22.2. The molecule has 3 aromatic rings. The summed E-state index contributed by atoms with van der Waals surface area (Å²) >= 11 is 0. The molecule has 1 fully saturated rings. The molecule has 0 spiro atoms. The number of rotatable bonds is 6. The highest BCUT2D eigenvalue weighted by molar-refractivity contribution is 5.44. The normalized spacial score (nSPS) is 19.2. The molecule has 2 heterocycles. The average Bonchev–Trinajstić information content (AvgIpc) is 3.28. The Hall–Kier alpha value is -3.05. The maximum absolute atomic E-state index is 13.7. The number of nitrogens with zero attached hydrogens (tertiary/aromatic N) is 4. The molecule has 1 aliphatic rings. The molecule has 1 aromatic heterocycles.